The van der Waals surface area contributed by atoms with E-state index in [-0.39, 0.29) is 12.4 Å². The van der Waals surface area contributed by atoms with Crippen LogP contribution in [0.4, 0.5) is 0 Å². The van der Waals surface area contributed by atoms with E-state index in [0.29, 0.717) is 13.2 Å². The van der Waals surface area contributed by atoms with E-state index in [1.165, 1.54) is 6.42 Å². The second-order valence-corrected chi connectivity index (χ2v) is 4.05. The van der Waals surface area contributed by atoms with Gasteiger partial charge in [-0.05, 0) is 26.7 Å². The van der Waals surface area contributed by atoms with Crippen molar-refractivity contribution in [1.29, 1.82) is 0 Å². The molecule has 0 aromatic rings. The van der Waals surface area contributed by atoms with Gasteiger partial charge >= 0.3 is 0 Å². The van der Waals surface area contributed by atoms with Gasteiger partial charge in [0.05, 0.1) is 0 Å². The quantitative estimate of drug-likeness (QED) is 0.680. The van der Waals surface area contributed by atoms with Crippen LogP contribution < -0.4 is 0 Å². The lowest BCUT2D eigenvalue weighted by Crippen LogP contribution is -2.45. The van der Waals surface area contributed by atoms with Crippen molar-refractivity contribution in [2.24, 2.45) is 0 Å². The van der Waals surface area contributed by atoms with Crippen LogP contribution in [0.25, 0.3) is 0 Å². The maximum absolute atomic E-state index is 12.0. The Morgan fingerprint density at radius 2 is 1.80 bits per heavy atom. The summed E-state index contributed by atoms with van der Waals surface area (Å²) in [5.41, 5.74) is -0.526. The fourth-order valence-corrected chi connectivity index (χ4v) is 2.23. The summed E-state index contributed by atoms with van der Waals surface area (Å²) in [5, 5.41) is 0. The fourth-order valence-electron chi connectivity index (χ4n) is 2.23. The molecule has 0 aliphatic heterocycles. The first-order valence-electron chi connectivity index (χ1n) is 6.00. The van der Waals surface area contributed by atoms with Crippen molar-refractivity contribution < 1.29 is 14.3 Å². The minimum atomic E-state index is -0.526. The molecule has 0 heterocycles. The van der Waals surface area contributed by atoms with Crippen molar-refractivity contribution in [2.75, 3.05) is 19.8 Å². The third kappa shape index (κ3) is 3.28. The molecular formula is C12H22O3. The van der Waals surface area contributed by atoms with Crippen molar-refractivity contribution >= 4 is 5.78 Å². The van der Waals surface area contributed by atoms with Gasteiger partial charge in [0.25, 0.3) is 0 Å². The number of carbonyl (C=O) groups is 1. The van der Waals surface area contributed by atoms with Crippen molar-refractivity contribution in [3.05, 3.63) is 0 Å². The van der Waals surface area contributed by atoms with E-state index in [0.717, 1.165) is 25.7 Å². The van der Waals surface area contributed by atoms with Crippen LogP contribution in [0.3, 0.4) is 0 Å². The van der Waals surface area contributed by atoms with Gasteiger partial charge in [0.1, 0.15) is 12.2 Å². The molecular weight excluding hydrogens is 192 g/mol. The minimum Gasteiger partial charge on any atom is -0.374 e. The maximum Gasteiger partial charge on any atom is 0.190 e. The van der Waals surface area contributed by atoms with E-state index in [4.69, 9.17) is 9.47 Å². The van der Waals surface area contributed by atoms with E-state index < -0.39 is 5.60 Å². The topological polar surface area (TPSA) is 35.5 Å². The third-order valence-corrected chi connectivity index (χ3v) is 3.03. The van der Waals surface area contributed by atoms with Gasteiger partial charge in [0.2, 0.25) is 0 Å². The molecule has 1 aliphatic rings. The summed E-state index contributed by atoms with van der Waals surface area (Å²) in [7, 11) is 0. The van der Waals surface area contributed by atoms with Crippen LogP contribution in [0.1, 0.15) is 46.0 Å². The molecule has 0 amide bonds. The summed E-state index contributed by atoms with van der Waals surface area (Å²) in [6.45, 7) is 5.26. The molecule has 0 radical (unpaired) electrons. The molecule has 0 bridgehead atoms. The lowest BCUT2D eigenvalue weighted by Gasteiger charge is -2.35. The first-order valence-corrected chi connectivity index (χ1v) is 6.00. The van der Waals surface area contributed by atoms with Crippen LogP contribution >= 0.6 is 0 Å². The standard InChI is InChI=1S/C12H22O3/c1-3-14-10-11(13)12(15-4-2)8-6-5-7-9-12/h3-10H2,1-2H3. The lowest BCUT2D eigenvalue weighted by molar-refractivity contribution is -0.153. The van der Waals surface area contributed by atoms with Crippen molar-refractivity contribution in [3.8, 4) is 0 Å². The van der Waals surface area contributed by atoms with Gasteiger partial charge in [-0.1, -0.05) is 19.3 Å². The van der Waals surface area contributed by atoms with Gasteiger partial charge in [-0.25, -0.2) is 0 Å². The average Bonchev–Trinajstić information content (AvgIpc) is 2.27. The smallest absolute Gasteiger partial charge is 0.190 e. The summed E-state index contributed by atoms with van der Waals surface area (Å²) in [6, 6.07) is 0. The summed E-state index contributed by atoms with van der Waals surface area (Å²) < 4.78 is 10.9. The number of rotatable bonds is 6. The van der Waals surface area contributed by atoms with Crippen molar-refractivity contribution in [2.45, 2.75) is 51.6 Å². The van der Waals surface area contributed by atoms with Crippen LogP contribution in [-0.4, -0.2) is 31.2 Å². The Hall–Kier alpha value is -0.410. The molecule has 88 valence electrons. The minimum absolute atomic E-state index is 0.130. The third-order valence-electron chi connectivity index (χ3n) is 3.03. The Morgan fingerprint density at radius 1 is 1.13 bits per heavy atom. The zero-order chi connectivity index (χ0) is 11.1. The van der Waals surface area contributed by atoms with Gasteiger partial charge in [-0.2, -0.15) is 0 Å². The first kappa shape index (κ1) is 12.7. The predicted octanol–water partition coefficient (Wildman–Crippen LogP) is 2.33. The second-order valence-electron chi connectivity index (χ2n) is 4.05. The van der Waals surface area contributed by atoms with E-state index >= 15 is 0 Å². The Morgan fingerprint density at radius 3 is 2.33 bits per heavy atom. The van der Waals surface area contributed by atoms with Crippen molar-refractivity contribution in [1.82, 2.24) is 0 Å². The molecule has 0 aromatic heterocycles. The maximum atomic E-state index is 12.0. The van der Waals surface area contributed by atoms with E-state index in [2.05, 4.69) is 0 Å². The Balaban J connectivity index is 2.57. The highest BCUT2D eigenvalue weighted by molar-refractivity contribution is 5.88. The molecule has 1 fully saturated rings. The molecule has 1 saturated carbocycles. The van der Waals surface area contributed by atoms with Crippen LogP contribution in [0.15, 0.2) is 0 Å². The largest absolute Gasteiger partial charge is 0.374 e. The molecule has 3 nitrogen and oxygen atoms in total. The molecule has 0 N–H and O–H groups in total. The van der Waals surface area contributed by atoms with E-state index in [1.807, 2.05) is 13.8 Å². The number of carbonyl (C=O) groups excluding carboxylic acids is 1. The van der Waals surface area contributed by atoms with Gasteiger partial charge < -0.3 is 9.47 Å². The molecule has 0 unspecified atom stereocenters. The average molecular weight is 214 g/mol. The number of hydrogen-bond donors (Lipinski definition) is 0. The molecule has 0 saturated heterocycles. The molecule has 0 aromatic carbocycles. The van der Waals surface area contributed by atoms with Crippen molar-refractivity contribution in [3.63, 3.8) is 0 Å². The SMILES string of the molecule is CCOCC(=O)C1(OCC)CCCCC1. The zero-order valence-corrected chi connectivity index (χ0v) is 9.88. The van der Waals surface area contributed by atoms with Crippen LogP contribution in [0.5, 0.6) is 0 Å². The zero-order valence-electron chi connectivity index (χ0n) is 9.88. The predicted molar refractivity (Wildman–Crippen MR) is 58.9 cm³/mol. The highest BCUT2D eigenvalue weighted by Crippen LogP contribution is 2.32. The monoisotopic (exact) mass is 214 g/mol. The first-order chi connectivity index (χ1) is 7.25. The molecule has 1 rings (SSSR count). The number of ether oxygens (including phenoxy) is 2. The van der Waals surface area contributed by atoms with Gasteiger partial charge in [0.15, 0.2) is 5.78 Å². The summed E-state index contributed by atoms with van der Waals surface area (Å²) in [4.78, 5) is 12.0. The Kier molecular flexibility index (Phi) is 5.26. The van der Waals surface area contributed by atoms with Gasteiger partial charge in [0, 0.05) is 13.2 Å². The van der Waals surface area contributed by atoms with E-state index in [1.54, 1.807) is 0 Å². The molecule has 15 heavy (non-hydrogen) atoms. The number of Topliss-reactive ketones (excluding diaryl/α,β-unsaturated/α-hetero) is 1. The van der Waals surface area contributed by atoms with Crippen LogP contribution in [0.2, 0.25) is 0 Å². The van der Waals surface area contributed by atoms with Gasteiger partial charge in [-0.3, -0.25) is 4.79 Å². The highest BCUT2D eigenvalue weighted by atomic mass is 16.5. The normalized spacial score (nSPS) is 20.1. The van der Waals surface area contributed by atoms with Crippen LogP contribution in [0, 0.1) is 0 Å². The van der Waals surface area contributed by atoms with E-state index in [9.17, 15) is 4.79 Å². The lowest BCUT2D eigenvalue weighted by atomic mass is 9.81. The fraction of sp³-hybridized carbons (Fsp3) is 0.917. The molecule has 3 heteroatoms. The van der Waals surface area contributed by atoms with Crippen LogP contribution in [-0.2, 0) is 14.3 Å². The number of ketones is 1. The molecule has 1 aliphatic carbocycles. The summed E-state index contributed by atoms with van der Waals surface area (Å²) in [6.07, 6.45) is 5.14. The Labute approximate surface area is 92.1 Å². The number of hydrogen-bond acceptors (Lipinski definition) is 3. The molecule has 0 atom stereocenters. The summed E-state index contributed by atoms with van der Waals surface area (Å²) in [5.74, 6) is 0.130. The van der Waals surface area contributed by atoms with Gasteiger partial charge in [-0.15, -0.1) is 0 Å². The second kappa shape index (κ2) is 6.23. The summed E-state index contributed by atoms with van der Waals surface area (Å²) >= 11 is 0. The molecule has 0 spiro atoms. The highest BCUT2D eigenvalue weighted by Gasteiger charge is 2.39. The Bertz CT molecular complexity index is 190.